The molecular formula is C22H21BrN2O2S. The van der Waals surface area contributed by atoms with Gasteiger partial charge in [-0.2, -0.15) is 0 Å². The lowest BCUT2D eigenvalue weighted by Crippen LogP contribution is -2.34. The van der Waals surface area contributed by atoms with E-state index in [1.165, 1.54) is 0 Å². The minimum absolute atomic E-state index is 0.206. The molecule has 0 fully saturated rings. The number of benzene rings is 2. The number of hydrogen-bond acceptors (Lipinski definition) is 3. The predicted molar refractivity (Wildman–Crippen MR) is 121 cm³/mol. The summed E-state index contributed by atoms with van der Waals surface area (Å²) < 4.78 is 6.67. The van der Waals surface area contributed by atoms with Crippen LogP contribution in [0.5, 0.6) is 0 Å². The zero-order valence-electron chi connectivity index (χ0n) is 15.7. The molecule has 1 atom stereocenters. The SMILES string of the molecule is CC[C@@H](C)c1ccccc1NC(=S)NC(=O)c1ccc(-c2ccc(Br)cc2)o1. The Morgan fingerprint density at radius 2 is 1.82 bits per heavy atom. The van der Waals surface area contributed by atoms with Gasteiger partial charge in [-0.3, -0.25) is 10.1 Å². The van der Waals surface area contributed by atoms with Crippen LogP contribution in [0.1, 0.15) is 42.3 Å². The molecule has 0 aliphatic carbocycles. The highest BCUT2D eigenvalue weighted by Crippen LogP contribution is 2.27. The van der Waals surface area contributed by atoms with E-state index in [0.29, 0.717) is 11.7 Å². The van der Waals surface area contributed by atoms with Gasteiger partial charge in [0, 0.05) is 15.7 Å². The Balaban J connectivity index is 1.67. The van der Waals surface area contributed by atoms with E-state index in [0.717, 1.165) is 27.7 Å². The van der Waals surface area contributed by atoms with Crippen LogP contribution in [0.4, 0.5) is 5.69 Å². The molecule has 3 aromatic rings. The molecule has 0 saturated carbocycles. The number of furan rings is 1. The van der Waals surface area contributed by atoms with E-state index in [1.54, 1.807) is 12.1 Å². The summed E-state index contributed by atoms with van der Waals surface area (Å²) in [5, 5.41) is 6.04. The minimum atomic E-state index is -0.387. The molecule has 1 amide bonds. The minimum Gasteiger partial charge on any atom is -0.451 e. The summed E-state index contributed by atoms with van der Waals surface area (Å²) >= 11 is 8.72. The second kappa shape index (κ2) is 9.17. The highest BCUT2D eigenvalue weighted by molar-refractivity contribution is 9.10. The molecule has 0 aliphatic heterocycles. The van der Waals surface area contributed by atoms with Crippen molar-refractivity contribution in [3.05, 3.63) is 76.5 Å². The van der Waals surface area contributed by atoms with Gasteiger partial charge in [-0.05, 0) is 60.5 Å². The maximum Gasteiger partial charge on any atom is 0.293 e. The van der Waals surface area contributed by atoms with Crippen LogP contribution in [0.3, 0.4) is 0 Å². The maximum atomic E-state index is 12.5. The molecule has 0 spiro atoms. The van der Waals surface area contributed by atoms with Crippen molar-refractivity contribution in [3.63, 3.8) is 0 Å². The Bertz CT molecular complexity index is 982. The van der Waals surface area contributed by atoms with Crippen LogP contribution in [-0.2, 0) is 0 Å². The number of hydrogen-bond donors (Lipinski definition) is 2. The molecule has 0 aliphatic rings. The van der Waals surface area contributed by atoms with Crippen molar-refractivity contribution in [2.45, 2.75) is 26.2 Å². The van der Waals surface area contributed by atoms with Gasteiger partial charge in [0.2, 0.25) is 0 Å². The number of rotatable bonds is 5. The second-order valence-corrected chi connectivity index (χ2v) is 7.80. The van der Waals surface area contributed by atoms with Crippen molar-refractivity contribution in [2.24, 2.45) is 0 Å². The highest BCUT2D eigenvalue weighted by Gasteiger charge is 2.15. The molecule has 6 heteroatoms. The van der Waals surface area contributed by atoms with Crippen molar-refractivity contribution < 1.29 is 9.21 Å². The van der Waals surface area contributed by atoms with Gasteiger partial charge in [-0.15, -0.1) is 0 Å². The molecule has 2 aromatic carbocycles. The number of amides is 1. The van der Waals surface area contributed by atoms with Gasteiger partial charge < -0.3 is 9.73 Å². The summed E-state index contributed by atoms with van der Waals surface area (Å²) in [7, 11) is 0. The second-order valence-electron chi connectivity index (χ2n) is 6.48. The molecule has 0 unspecified atom stereocenters. The molecule has 0 radical (unpaired) electrons. The largest absolute Gasteiger partial charge is 0.451 e. The number of carbonyl (C=O) groups excluding carboxylic acids is 1. The van der Waals surface area contributed by atoms with Crippen molar-refractivity contribution in [1.29, 1.82) is 0 Å². The summed E-state index contributed by atoms with van der Waals surface area (Å²) in [4.78, 5) is 12.5. The standard InChI is InChI=1S/C22H21BrN2O2S/c1-3-14(2)17-6-4-5-7-18(17)24-22(28)25-21(26)20-13-12-19(27-20)15-8-10-16(23)11-9-15/h4-14H,3H2,1-2H3,(H2,24,25,26,28)/t14-/m1/s1. The van der Waals surface area contributed by atoms with Crippen molar-refractivity contribution >= 4 is 44.9 Å². The number of anilines is 1. The first-order chi connectivity index (χ1) is 13.5. The van der Waals surface area contributed by atoms with Gasteiger partial charge in [-0.1, -0.05) is 60.1 Å². The summed E-state index contributed by atoms with van der Waals surface area (Å²) in [6, 6.07) is 19.1. The van der Waals surface area contributed by atoms with E-state index in [1.807, 2.05) is 42.5 Å². The smallest absolute Gasteiger partial charge is 0.293 e. The Labute approximate surface area is 178 Å². The molecule has 0 bridgehead atoms. The van der Waals surface area contributed by atoms with Gasteiger partial charge >= 0.3 is 0 Å². The monoisotopic (exact) mass is 456 g/mol. The fraction of sp³-hybridized carbons (Fsp3) is 0.182. The zero-order chi connectivity index (χ0) is 20.1. The lowest BCUT2D eigenvalue weighted by Gasteiger charge is -2.16. The van der Waals surface area contributed by atoms with Crippen LogP contribution in [0.2, 0.25) is 0 Å². The first-order valence-corrected chi connectivity index (χ1v) is 10.2. The van der Waals surface area contributed by atoms with Gasteiger partial charge in [-0.25, -0.2) is 0 Å². The summed E-state index contributed by atoms with van der Waals surface area (Å²) in [6.07, 6.45) is 1.02. The topological polar surface area (TPSA) is 54.3 Å². The van der Waals surface area contributed by atoms with E-state index in [-0.39, 0.29) is 16.8 Å². The van der Waals surface area contributed by atoms with Crippen LogP contribution in [0.25, 0.3) is 11.3 Å². The molecule has 1 aromatic heterocycles. The van der Waals surface area contributed by atoms with Gasteiger partial charge in [0.15, 0.2) is 10.9 Å². The Kier molecular flexibility index (Phi) is 6.65. The van der Waals surface area contributed by atoms with Crippen molar-refractivity contribution in [2.75, 3.05) is 5.32 Å². The van der Waals surface area contributed by atoms with Crippen molar-refractivity contribution in [3.8, 4) is 11.3 Å². The summed E-state index contributed by atoms with van der Waals surface area (Å²) in [5.74, 6) is 0.832. The Morgan fingerprint density at radius 1 is 1.11 bits per heavy atom. The van der Waals surface area contributed by atoms with Crippen LogP contribution >= 0.6 is 28.1 Å². The van der Waals surface area contributed by atoms with Gasteiger partial charge in [0.1, 0.15) is 5.76 Å². The quantitative estimate of drug-likeness (QED) is 0.439. The third kappa shape index (κ3) is 4.88. The van der Waals surface area contributed by atoms with Crippen LogP contribution in [0.15, 0.2) is 69.6 Å². The van der Waals surface area contributed by atoms with Crippen LogP contribution in [0, 0.1) is 0 Å². The van der Waals surface area contributed by atoms with E-state index in [2.05, 4.69) is 46.5 Å². The number of carbonyl (C=O) groups is 1. The Hall–Kier alpha value is -2.44. The van der Waals surface area contributed by atoms with Crippen molar-refractivity contribution in [1.82, 2.24) is 5.32 Å². The third-order valence-corrected chi connectivity index (χ3v) is 5.27. The van der Waals surface area contributed by atoms with Gasteiger partial charge in [0.05, 0.1) is 0 Å². The number of halogens is 1. The zero-order valence-corrected chi connectivity index (χ0v) is 18.1. The van der Waals surface area contributed by atoms with E-state index >= 15 is 0 Å². The molecule has 144 valence electrons. The average Bonchev–Trinajstić information content (AvgIpc) is 3.18. The number of thiocarbonyl (C=S) groups is 1. The van der Waals surface area contributed by atoms with E-state index in [4.69, 9.17) is 16.6 Å². The summed E-state index contributed by atoms with van der Waals surface area (Å²) in [5.41, 5.74) is 2.96. The number of nitrogens with one attached hydrogen (secondary N) is 2. The third-order valence-electron chi connectivity index (χ3n) is 4.54. The highest BCUT2D eigenvalue weighted by atomic mass is 79.9. The fourth-order valence-electron chi connectivity index (χ4n) is 2.81. The molecule has 3 rings (SSSR count). The van der Waals surface area contributed by atoms with E-state index in [9.17, 15) is 4.79 Å². The van der Waals surface area contributed by atoms with Crippen LogP contribution < -0.4 is 10.6 Å². The average molecular weight is 457 g/mol. The molecule has 0 saturated heterocycles. The lowest BCUT2D eigenvalue weighted by molar-refractivity contribution is 0.0951. The fourth-order valence-corrected chi connectivity index (χ4v) is 3.27. The van der Waals surface area contributed by atoms with E-state index < -0.39 is 0 Å². The molecule has 4 nitrogen and oxygen atoms in total. The molecular weight excluding hydrogens is 436 g/mol. The number of para-hydroxylation sites is 1. The molecule has 1 heterocycles. The normalized spacial score (nSPS) is 11.7. The molecule has 28 heavy (non-hydrogen) atoms. The first kappa shape index (κ1) is 20.3. The lowest BCUT2D eigenvalue weighted by atomic mass is 9.97. The van der Waals surface area contributed by atoms with Crippen LogP contribution in [-0.4, -0.2) is 11.0 Å². The molecule has 2 N–H and O–H groups in total. The maximum absolute atomic E-state index is 12.5. The Morgan fingerprint density at radius 3 is 2.54 bits per heavy atom. The first-order valence-electron chi connectivity index (χ1n) is 9.05. The predicted octanol–water partition coefficient (Wildman–Crippen LogP) is 6.35. The summed E-state index contributed by atoms with van der Waals surface area (Å²) in [6.45, 7) is 4.30. The van der Waals surface area contributed by atoms with Gasteiger partial charge in [0.25, 0.3) is 5.91 Å².